The third kappa shape index (κ3) is 5.53. The van der Waals surface area contributed by atoms with Gasteiger partial charge in [-0.2, -0.15) is 0 Å². The average molecular weight is 459 g/mol. The summed E-state index contributed by atoms with van der Waals surface area (Å²) in [4.78, 5) is 13.0. The fourth-order valence-electron chi connectivity index (χ4n) is 3.95. The molecule has 4 rings (SSSR count). The second-order valence-corrected chi connectivity index (χ2v) is 9.66. The van der Waals surface area contributed by atoms with Gasteiger partial charge in [0.1, 0.15) is 23.7 Å². The largest absolute Gasteiger partial charge is 0.452 e. The molecule has 172 valence electrons. The molecule has 2 heterocycles. The Kier molecular flexibility index (Phi) is 7.53. The van der Waals surface area contributed by atoms with Gasteiger partial charge in [-0.25, -0.2) is 4.79 Å². The molecule has 5 atom stereocenters. The minimum Gasteiger partial charge on any atom is -0.452 e. The zero-order valence-electron chi connectivity index (χ0n) is 18.6. The molecule has 2 saturated heterocycles. The van der Waals surface area contributed by atoms with E-state index >= 15 is 0 Å². The first-order valence-corrected chi connectivity index (χ1v) is 12.0. The summed E-state index contributed by atoms with van der Waals surface area (Å²) in [6.07, 6.45) is -1.87. The van der Waals surface area contributed by atoms with Crippen LogP contribution in [0.4, 0.5) is 0 Å². The summed E-state index contributed by atoms with van der Waals surface area (Å²) < 4.78 is 30.8. The van der Waals surface area contributed by atoms with Crippen LogP contribution >= 0.6 is 11.8 Å². The molecule has 0 aromatic heterocycles. The highest BCUT2D eigenvalue weighted by molar-refractivity contribution is 7.99. The SMILES string of the molecule is CCSC1OC2COC(C)(C)O[C@@H]2[C@@H](OCc2ccccc2)C1OC(=O)c1ccccc1. The van der Waals surface area contributed by atoms with Crippen molar-refractivity contribution in [3.8, 4) is 0 Å². The van der Waals surface area contributed by atoms with Crippen molar-refractivity contribution < 1.29 is 28.5 Å². The summed E-state index contributed by atoms with van der Waals surface area (Å²) in [6, 6.07) is 18.9. The number of fused-ring (bicyclic) bond motifs is 1. The number of thioether (sulfide) groups is 1. The first-order valence-electron chi connectivity index (χ1n) is 11.0. The summed E-state index contributed by atoms with van der Waals surface area (Å²) in [7, 11) is 0. The van der Waals surface area contributed by atoms with Crippen LogP contribution in [0.3, 0.4) is 0 Å². The van der Waals surface area contributed by atoms with Crippen LogP contribution in [0, 0.1) is 0 Å². The normalized spacial score (nSPS) is 29.2. The maximum atomic E-state index is 13.0. The predicted octanol–water partition coefficient (Wildman–Crippen LogP) is 4.43. The third-order valence-electron chi connectivity index (χ3n) is 5.48. The Morgan fingerprint density at radius 1 is 1.06 bits per heavy atom. The minimum absolute atomic E-state index is 0.306. The molecular weight excluding hydrogens is 428 g/mol. The maximum Gasteiger partial charge on any atom is 0.338 e. The summed E-state index contributed by atoms with van der Waals surface area (Å²) in [5.74, 6) is -0.378. The van der Waals surface area contributed by atoms with E-state index < -0.39 is 30.1 Å². The molecule has 0 saturated carbocycles. The van der Waals surface area contributed by atoms with Gasteiger partial charge in [-0.15, -0.1) is 11.8 Å². The molecule has 2 fully saturated rings. The Balaban J connectivity index is 1.61. The first-order chi connectivity index (χ1) is 15.5. The van der Waals surface area contributed by atoms with Crippen molar-refractivity contribution in [2.45, 2.75) is 63.0 Å². The van der Waals surface area contributed by atoms with Crippen molar-refractivity contribution >= 4 is 17.7 Å². The lowest BCUT2D eigenvalue weighted by Gasteiger charge is -2.50. The molecule has 32 heavy (non-hydrogen) atoms. The molecule has 0 N–H and O–H groups in total. The summed E-state index contributed by atoms with van der Waals surface area (Å²) in [6.45, 7) is 6.56. The van der Waals surface area contributed by atoms with Crippen LogP contribution in [-0.2, 0) is 30.3 Å². The summed E-state index contributed by atoms with van der Waals surface area (Å²) >= 11 is 1.59. The van der Waals surface area contributed by atoms with Crippen LogP contribution in [-0.4, -0.2) is 54.0 Å². The summed E-state index contributed by atoms with van der Waals surface area (Å²) in [5.41, 5.74) is 1.14. The molecule has 0 aliphatic carbocycles. The molecule has 2 aromatic carbocycles. The van der Waals surface area contributed by atoms with E-state index in [0.717, 1.165) is 11.3 Å². The maximum absolute atomic E-state index is 13.0. The van der Waals surface area contributed by atoms with Gasteiger partial charge < -0.3 is 23.7 Å². The van der Waals surface area contributed by atoms with Crippen LogP contribution in [0.5, 0.6) is 0 Å². The van der Waals surface area contributed by atoms with Crippen molar-refractivity contribution in [3.63, 3.8) is 0 Å². The van der Waals surface area contributed by atoms with E-state index in [-0.39, 0.29) is 11.5 Å². The topological polar surface area (TPSA) is 63.2 Å². The molecule has 2 aromatic rings. The van der Waals surface area contributed by atoms with Gasteiger partial charge in [0, 0.05) is 0 Å². The molecular formula is C25H30O6S. The molecule has 0 bridgehead atoms. The second-order valence-electron chi connectivity index (χ2n) is 8.29. The Morgan fingerprint density at radius 2 is 1.75 bits per heavy atom. The van der Waals surface area contributed by atoms with Crippen LogP contribution in [0.15, 0.2) is 60.7 Å². The predicted molar refractivity (Wildman–Crippen MR) is 122 cm³/mol. The molecule has 0 radical (unpaired) electrons. The minimum atomic E-state index is -0.780. The Labute approximate surface area is 193 Å². The van der Waals surface area contributed by atoms with Gasteiger partial charge in [-0.05, 0) is 37.3 Å². The van der Waals surface area contributed by atoms with E-state index in [9.17, 15) is 4.79 Å². The van der Waals surface area contributed by atoms with Gasteiger partial charge in [0.2, 0.25) is 0 Å². The van der Waals surface area contributed by atoms with Crippen molar-refractivity contribution in [3.05, 3.63) is 71.8 Å². The number of ether oxygens (including phenoxy) is 5. The van der Waals surface area contributed by atoms with Crippen molar-refractivity contribution in [2.75, 3.05) is 12.4 Å². The highest BCUT2D eigenvalue weighted by Gasteiger charge is 2.53. The number of hydrogen-bond donors (Lipinski definition) is 0. The van der Waals surface area contributed by atoms with Gasteiger partial charge >= 0.3 is 5.97 Å². The molecule has 2 aliphatic rings. The van der Waals surface area contributed by atoms with Crippen LogP contribution in [0.25, 0.3) is 0 Å². The Bertz CT molecular complexity index is 875. The van der Waals surface area contributed by atoms with Crippen molar-refractivity contribution in [1.82, 2.24) is 0 Å². The van der Waals surface area contributed by atoms with E-state index in [2.05, 4.69) is 0 Å². The van der Waals surface area contributed by atoms with Crippen LogP contribution in [0.1, 0.15) is 36.7 Å². The number of esters is 1. The number of benzene rings is 2. The fourth-order valence-corrected chi connectivity index (χ4v) is 4.90. The standard InChI is InChI=1S/C25H30O6S/c1-4-32-24-22(30-23(26)18-13-9-6-10-14-18)21(27-15-17-11-7-5-8-12-17)20-19(29-24)16-28-25(2,3)31-20/h5-14,19-22,24H,4,15-16H2,1-3H3/t19?,20-,21+,22?,24?/m0/s1. The third-order valence-corrected chi connectivity index (χ3v) is 6.52. The summed E-state index contributed by atoms with van der Waals surface area (Å²) in [5, 5.41) is 0. The van der Waals surface area contributed by atoms with E-state index in [0.29, 0.717) is 18.8 Å². The number of hydrogen-bond acceptors (Lipinski definition) is 7. The molecule has 0 amide bonds. The molecule has 2 aliphatic heterocycles. The lowest BCUT2D eigenvalue weighted by molar-refractivity contribution is -0.354. The van der Waals surface area contributed by atoms with Crippen molar-refractivity contribution in [1.29, 1.82) is 0 Å². The van der Waals surface area contributed by atoms with E-state index in [4.69, 9.17) is 23.7 Å². The number of carbonyl (C=O) groups excluding carboxylic acids is 1. The first kappa shape index (κ1) is 23.3. The van der Waals surface area contributed by atoms with E-state index in [1.54, 1.807) is 23.9 Å². The number of carbonyl (C=O) groups is 1. The average Bonchev–Trinajstić information content (AvgIpc) is 2.80. The van der Waals surface area contributed by atoms with Gasteiger partial charge in [0.05, 0.1) is 18.8 Å². The van der Waals surface area contributed by atoms with Gasteiger partial charge in [0.25, 0.3) is 0 Å². The van der Waals surface area contributed by atoms with Gasteiger partial charge in [-0.3, -0.25) is 0 Å². The van der Waals surface area contributed by atoms with E-state index in [1.807, 2.05) is 69.3 Å². The van der Waals surface area contributed by atoms with Crippen LogP contribution < -0.4 is 0 Å². The smallest absolute Gasteiger partial charge is 0.338 e. The fraction of sp³-hybridized carbons (Fsp3) is 0.480. The second kappa shape index (κ2) is 10.4. The van der Waals surface area contributed by atoms with Gasteiger partial charge in [-0.1, -0.05) is 55.5 Å². The molecule has 0 spiro atoms. The quantitative estimate of drug-likeness (QED) is 0.569. The highest BCUT2D eigenvalue weighted by Crippen LogP contribution is 2.38. The zero-order valence-corrected chi connectivity index (χ0v) is 19.5. The molecule has 6 nitrogen and oxygen atoms in total. The zero-order chi connectivity index (χ0) is 22.6. The lowest BCUT2D eigenvalue weighted by Crippen LogP contribution is -2.65. The molecule has 3 unspecified atom stereocenters. The monoisotopic (exact) mass is 458 g/mol. The highest BCUT2D eigenvalue weighted by atomic mass is 32.2. The van der Waals surface area contributed by atoms with E-state index in [1.165, 1.54) is 0 Å². The molecule has 7 heteroatoms. The lowest BCUT2D eigenvalue weighted by atomic mass is 9.97. The number of rotatable bonds is 7. The van der Waals surface area contributed by atoms with Crippen LogP contribution in [0.2, 0.25) is 0 Å². The Morgan fingerprint density at radius 3 is 2.44 bits per heavy atom. The Hall–Kier alpha value is -1.90. The van der Waals surface area contributed by atoms with Crippen molar-refractivity contribution in [2.24, 2.45) is 0 Å². The van der Waals surface area contributed by atoms with Gasteiger partial charge in [0.15, 0.2) is 11.9 Å².